The summed E-state index contributed by atoms with van der Waals surface area (Å²) in [7, 11) is 0. The van der Waals surface area contributed by atoms with Gasteiger partial charge in [0.1, 0.15) is 0 Å². The van der Waals surface area contributed by atoms with E-state index >= 15 is 0 Å². The monoisotopic (exact) mass is 302 g/mol. The molecule has 112 valence electrons. The Labute approximate surface area is 129 Å². The molecule has 1 heterocycles. The highest BCUT2D eigenvalue weighted by Gasteiger charge is 2.19. The maximum Gasteiger partial charge on any atom is 0.262 e. The van der Waals surface area contributed by atoms with Gasteiger partial charge in [-0.1, -0.05) is 43.7 Å². The largest absolute Gasteiger partial charge is 0.287 e. The van der Waals surface area contributed by atoms with E-state index in [9.17, 15) is 4.79 Å². The highest BCUT2D eigenvalue weighted by atomic mass is 32.2. The van der Waals surface area contributed by atoms with Crippen molar-refractivity contribution in [2.24, 2.45) is 5.92 Å². The molecule has 3 rings (SSSR count). The van der Waals surface area contributed by atoms with Gasteiger partial charge in [-0.25, -0.2) is 4.98 Å². The number of benzene rings is 1. The lowest BCUT2D eigenvalue weighted by Gasteiger charge is -2.16. The number of rotatable bonds is 5. The van der Waals surface area contributed by atoms with E-state index in [0.717, 1.165) is 34.8 Å². The molecule has 3 nitrogen and oxygen atoms in total. The fourth-order valence-electron chi connectivity index (χ4n) is 3.06. The fraction of sp³-hybridized carbons (Fsp3) is 0.529. The van der Waals surface area contributed by atoms with Crippen LogP contribution < -0.4 is 5.56 Å². The first-order valence-electron chi connectivity index (χ1n) is 7.92. The number of fused-ring (bicyclic) bond motifs is 1. The Morgan fingerprint density at radius 2 is 2.05 bits per heavy atom. The standard InChI is InChI=1S/C17H22N2OS/c1-2-11-21-17-18-15-10-6-5-9-14(15)16(20)19(17)12-13-7-3-4-8-13/h5-6,9-10,13H,2-4,7-8,11-12H2,1H3. The Morgan fingerprint density at radius 1 is 1.29 bits per heavy atom. The summed E-state index contributed by atoms with van der Waals surface area (Å²) in [4.78, 5) is 17.6. The minimum Gasteiger partial charge on any atom is -0.287 e. The molecular weight excluding hydrogens is 280 g/mol. The molecule has 1 aliphatic carbocycles. The summed E-state index contributed by atoms with van der Waals surface area (Å²) >= 11 is 1.71. The lowest BCUT2D eigenvalue weighted by atomic mass is 10.1. The van der Waals surface area contributed by atoms with Crippen LogP contribution in [0.2, 0.25) is 0 Å². The van der Waals surface area contributed by atoms with Crippen LogP contribution in [0, 0.1) is 5.92 Å². The van der Waals surface area contributed by atoms with Crippen molar-refractivity contribution < 1.29 is 0 Å². The lowest BCUT2D eigenvalue weighted by molar-refractivity contribution is 0.424. The molecule has 1 aliphatic rings. The van der Waals surface area contributed by atoms with E-state index in [4.69, 9.17) is 4.98 Å². The van der Waals surface area contributed by atoms with Gasteiger partial charge in [0, 0.05) is 12.3 Å². The summed E-state index contributed by atoms with van der Waals surface area (Å²) in [6.45, 7) is 3.00. The van der Waals surface area contributed by atoms with Crippen LogP contribution in [0.4, 0.5) is 0 Å². The van der Waals surface area contributed by atoms with E-state index < -0.39 is 0 Å². The zero-order chi connectivity index (χ0) is 14.7. The van der Waals surface area contributed by atoms with Crippen LogP contribution in [0.1, 0.15) is 39.0 Å². The molecule has 0 radical (unpaired) electrons. The first kappa shape index (κ1) is 14.6. The Kier molecular flexibility index (Phi) is 4.63. The molecule has 1 aromatic carbocycles. The minimum atomic E-state index is 0.131. The molecule has 0 spiro atoms. The third-order valence-corrected chi connectivity index (χ3v) is 5.36. The van der Waals surface area contributed by atoms with E-state index in [1.165, 1.54) is 25.7 Å². The third kappa shape index (κ3) is 3.15. The van der Waals surface area contributed by atoms with Gasteiger partial charge >= 0.3 is 0 Å². The maximum atomic E-state index is 12.8. The second kappa shape index (κ2) is 6.65. The van der Waals surface area contributed by atoms with E-state index in [1.54, 1.807) is 11.8 Å². The summed E-state index contributed by atoms with van der Waals surface area (Å²) in [6.07, 6.45) is 6.20. The van der Waals surface area contributed by atoms with Gasteiger partial charge in [0.05, 0.1) is 10.9 Å². The number of nitrogens with zero attached hydrogens (tertiary/aromatic N) is 2. The molecule has 1 saturated carbocycles. The molecule has 21 heavy (non-hydrogen) atoms. The third-order valence-electron chi connectivity index (χ3n) is 4.18. The van der Waals surface area contributed by atoms with Crippen LogP contribution in [0.5, 0.6) is 0 Å². The molecule has 1 aromatic heterocycles. The van der Waals surface area contributed by atoms with Gasteiger partial charge in [-0.05, 0) is 37.3 Å². The van der Waals surface area contributed by atoms with Crippen molar-refractivity contribution in [3.05, 3.63) is 34.6 Å². The van der Waals surface area contributed by atoms with Crippen molar-refractivity contribution in [2.75, 3.05) is 5.75 Å². The number of hydrogen-bond acceptors (Lipinski definition) is 3. The first-order valence-corrected chi connectivity index (χ1v) is 8.90. The second-order valence-corrected chi connectivity index (χ2v) is 6.89. The number of thioether (sulfide) groups is 1. The fourth-order valence-corrected chi connectivity index (χ4v) is 3.93. The van der Waals surface area contributed by atoms with Crippen LogP contribution in [0.3, 0.4) is 0 Å². The Bertz CT molecular complexity index is 674. The molecule has 0 N–H and O–H groups in total. The molecule has 4 heteroatoms. The molecule has 0 saturated heterocycles. The van der Waals surface area contributed by atoms with Crippen LogP contribution in [0.25, 0.3) is 10.9 Å². The van der Waals surface area contributed by atoms with Crippen LogP contribution in [0.15, 0.2) is 34.2 Å². The van der Waals surface area contributed by atoms with Gasteiger partial charge in [0.15, 0.2) is 5.16 Å². The number of aromatic nitrogens is 2. The molecule has 0 atom stereocenters. The topological polar surface area (TPSA) is 34.9 Å². The maximum absolute atomic E-state index is 12.8. The van der Waals surface area contributed by atoms with Crippen molar-refractivity contribution in [1.82, 2.24) is 9.55 Å². The van der Waals surface area contributed by atoms with Crippen molar-refractivity contribution >= 4 is 22.7 Å². The summed E-state index contributed by atoms with van der Waals surface area (Å²) in [5.41, 5.74) is 0.954. The zero-order valence-corrected chi connectivity index (χ0v) is 13.4. The highest BCUT2D eigenvalue weighted by molar-refractivity contribution is 7.99. The van der Waals surface area contributed by atoms with Gasteiger partial charge in [-0.2, -0.15) is 0 Å². The second-order valence-electron chi connectivity index (χ2n) is 5.83. The summed E-state index contributed by atoms with van der Waals surface area (Å²) in [6, 6.07) is 7.70. The van der Waals surface area contributed by atoms with Gasteiger partial charge in [0.2, 0.25) is 0 Å². The molecule has 0 bridgehead atoms. The average molecular weight is 302 g/mol. The number of hydrogen-bond donors (Lipinski definition) is 0. The molecule has 0 unspecified atom stereocenters. The van der Waals surface area contributed by atoms with Crippen LogP contribution in [-0.2, 0) is 6.54 Å². The van der Waals surface area contributed by atoms with Crippen LogP contribution in [-0.4, -0.2) is 15.3 Å². The van der Waals surface area contributed by atoms with Gasteiger partial charge in [0.25, 0.3) is 5.56 Å². The van der Waals surface area contributed by atoms with Crippen molar-refractivity contribution in [3.8, 4) is 0 Å². The smallest absolute Gasteiger partial charge is 0.262 e. The SMILES string of the molecule is CCCSc1nc2ccccc2c(=O)n1CC1CCCC1. The first-order chi connectivity index (χ1) is 10.3. The summed E-state index contributed by atoms with van der Waals surface area (Å²) in [5, 5.41) is 1.64. The molecular formula is C17H22N2OS. The Hall–Kier alpha value is -1.29. The minimum absolute atomic E-state index is 0.131. The van der Waals surface area contributed by atoms with E-state index in [2.05, 4.69) is 6.92 Å². The predicted octanol–water partition coefficient (Wildman–Crippen LogP) is 4.09. The van der Waals surface area contributed by atoms with Gasteiger partial charge in [-0.15, -0.1) is 0 Å². The Balaban J connectivity index is 2.04. The Morgan fingerprint density at radius 3 is 2.81 bits per heavy atom. The number of para-hydroxylation sites is 1. The highest BCUT2D eigenvalue weighted by Crippen LogP contribution is 2.27. The van der Waals surface area contributed by atoms with E-state index in [-0.39, 0.29) is 5.56 Å². The lowest BCUT2D eigenvalue weighted by Crippen LogP contribution is -2.26. The van der Waals surface area contributed by atoms with E-state index in [0.29, 0.717) is 5.92 Å². The van der Waals surface area contributed by atoms with Gasteiger partial charge in [-0.3, -0.25) is 9.36 Å². The van der Waals surface area contributed by atoms with Crippen molar-refractivity contribution in [3.63, 3.8) is 0 Å². The molecule has 0 aliphatic heterocycles. The van der Waals surface area contributed by atoms with Crippen molar-refractivity contribution in [1.29, 1.82) is 0 Å². The molecule has 2 aromatic rings. The normalized spacial score (nSPS) is 15.9. The van der Waals surface area contributed by atoms with Crippen LogP contribution >= 0.6 is 11.8 Å². The molecule has 1 fully saturated rings. The predicted molar refractivity (Wildman–Crippen MR) is 89.0 cm³/mol. The summed E-state index contributed by atoms with van der Waals surface area (Å²) in [5.74, 6) is 1.65. The van der Waals surface area contributed by atoms with E-state index in [1.807, 2.05) is 28.8 Å². The molecule has 0 amide bonds. The van der Waals surface area contributed by atoms with Crippen molar-refractivity contribution in [2.45, 2.75) is 50.7 Å². The average Bonchev–Trinajstić information content (AvgIpc) is 3.01. The quantitative estimate of drug-likeness (QED) is 0.616. The zero-order valence-electron chi connectivity index (χ0n) is 12.5. The summed E-state index contributed by atoms with van der Waals surface area (Å²) < 4.78 is 1.93. The van der Waals surface area contributed by atoms with Gasteiger partial charge < -0.3 is 0 Å².